The van der Waals surface area contributed by atoms with Crippen LogP contribution in [-0.2, 0) is 14.4 Å². The van der Waals surface area contributed by atoms with Crippen molar-refractivity contribution >= 4 is 41.2 Å². The molecule has 0 bridgehead atoms. The van der Waals surface area contributed by atoms with Gasteiger partial charge >= 0.3 is 11.8 Å². The van der Waals surface area contributed by atoms with Gasteiger partial charge in [0.1, 0.15) is 5.75 Å². The maximum atomic E-state index is 12.0. The second kappa shape index (κ2) is 10.8. The van der Waals surface area contributed by atoms with Gasteiger partial charge in [-0.3, -0.25) is 14.4 Å². The summed E-state index contributed by atoms with van der Waals surface area (Å²) in [6.45, 7) is 3.30. The number of rotatable bonds is 7. The van der Waals surface area contributed by atoms with E-state index in [1.807, 2.05) is 0 Å². The number of ether oxygens (including phenoxy) is 1. The molecular formula is C20H21ClN4O4. The van der Waals surface area contributed by atoms with Gasteiger partial charge in [0, 0.05) is 16.8 Å². The number of carbonyl (C=O) groups excluding carboxylic acids is 3. The van der Waals surface area contributed by atoms with Crippen molar-refractivity contribution < 1.29 is 19.1 Å². The fourth-order valence-corrected chi connectivity index (χ4v) is 2.33. The SMILES string of the molecule is CC(C)NC(=O)C(=O)N/N=C\c1cccc(OCC(=O)Nc2cccc(Cl)c2)c1. The van der Waals surface area contributed by atoms with E-state index >= 15 is 0 Å². The van der Waals surface area contributed by atoms with Gasteiger partial charge in [-0.1, -0.05) is 29.8 Å². The third kappa shape index (κ3) is 8.02. The molecule has 2 aromatic carbocycles. The van der Waals surface area contributed by atoms with Gasteiger partial charge in [0.2, 0.25) is 0 Å². The fraction of sp³-hybridized carbons (Fsp3) is 0.200. The summed E-state index contributed by atoms with van der Waals surface area (Å²) in [5.41, 5.74) is 3.33. The molecule has 9 heteroatoms. The number of nitrogens with zero attached hydrogens (tertiary/aromatic N) is 1. The molecule has 0 aliphatic rings. The molecule has 2 rings (SSSR count). The van der Waals surface area contributed by atoms with Crippen LogP contribution < -0.4 is 20.8 Å². The van der Waals surface area contributed by atoms with Crippen LogP contribution in [-0.4, -0.2) is 36.6 Å². The Morgan fingerprint density at radius 1 is 1.10 bits per heavy atom. The summed E-state index contributed by atoms with van der Waals surface area (Å²) < 4.78 is 5.46. The summed E-state index contributed by atoms with van der Waals surface area (Å²) in [5.74, 6) is -1.52. The fourth-order valence-electron chi connectivity index (χ4n) is 2.14. The molecule has 0 atom stereocenters. The Balaban J connectivity index is 1.85. The Morgan fingerprint density at radius 2 is 1.86 bits per heavy atom. The molecule has 0 aromatic heterocycles. The van der Waals surface area contributed by atoms with Crippen molar-refractivity contribution in [2.45, 2.75) is 19.9 Å². The van der Waals surface area contributed by atoms with Gasteiger partial charge in [-0.25, -0.2) is 5.43 Å². The van der Waals surface area contributed by atoms with Gasteiger partial charge in [0.05, 0.1) is 6.21 Å². The first kappa shape index (κ1) is 21.9. The molecule has 3 N–H and O–H groups in total. The minimum atomic E-state index is -0.861. The van der Waals surface area contributed by atoms with E-state index in [0.717, 1.165) is 0 Å². The zero-order chi connectivity index (χ0) is 21.2. The van der Waals surface area contributed by atoms with E-state index in [4.69, 9.17) is 16.3 Å². The van der Waals surface area contributed by atoms with Crippen molar-refractivity contribution in [2.75, 3.05) is 11.9 Å². The van der Waals surface area contributed by atoms with Gasteiger partial charge in [0.15, 0.2) is 6.61 Å². The van der Waals surface area contributed by atoms with Gasteiger partial charge in [0.25, 0.3) is 5.91 Å². The van der Waals surface area contributed by atoms with E-state index in [1.165, 1.54) is 6.21 Å². The second-order valence-corrected chi connectivity index (χ2v) is 6.68. The highest BCUT2D eigenvalue weighted by atomic mass is 35.5. The summed E-state index contributed by atoms with van der Waals surface area (Å²) >= 11 is 5.88. The van der Waals surface area contributed by atoms with Crippen LogP contribution in [0, 0.1) is 0 Å². The lowest BCUT2D eigenvalue weighted by Gasteiger charge is -2.08. The minimum absolute atomic E-state index is 0.151. The lowest BCUT2D eigenvalue weighted by atomic mass is 10.2. The van der Waals surface area contributed by atoms with Crippen LogP contribution in [0.15, 0.2) is 53.6 Å². The number of hydrogen-bond acceptors (Lipinski definition) is 5. The molecule has 0 radical (unpaired) electrons. The van der Waals surface area contributed by atoms with E-state index in [9.17, 15) is 14.4 Å². The van der Waals surface area contributed by atoms with Crippen molar-refractivity contribution in [1.29, 1.82) is 0 Å². The number of hydrazone groups is 1. The molecule has 0 fully saturated rings. The van der Waals surface area contributed by atoms with Gasteiger partial charge < -0.3 is 15.4 Å². The molecule has 29 heavy (non-hydrogen) atoms. The van der Waals surface area contributed by atoms with Crippen LogP contribution >= 0.6 is 11.6 Å². The summed E-state index contributed by atoms with van der Waals surface area (Å²) in [5, 5.41) is 9.39. The summed E-state index contributed by atoms with van der Waals surface area (Å²) in [6, 6.07) is 13.4. The number of carbonyl (C=O) groups is 3. The van der Waals surface area contributed by atoms with Crippen LogP contribution in [0.4, 0.5) is 5.69 Å². The number of benzene rings is 2. The lowest BCUT2D eigenvalue weighted by molar-refractivity contribution is -0.139. The van der Waals surface area contributed by atoms with Crippen LogP contribution in [0.1, 0.15) is 19.4 Å². The first-order chi connectivity index (χ1) is 13.8. The minimum Gasteiger partial charge on any atom is -0.484 e. The summed E-state index contributed by atoms with van der Waals surface area (Å²) in [4.78, 5) is 35.0. The van der Waals surface area contributed by atoms with E-state index in [0.29, 0.717) is 22.0 Å². The number of amides is 3. The van der Waals surface area contributed by atoms with Crippen molar-refractivity contribution in [1.82, 2.24) is 10.7 Å². The summed E-state index contributed by atoms with van der Waals surface area (Å²) in [7, 11) is 0. The molecule has 3 amide bonds. The zero-order valence-corrected chi connectivity index (χ0v) is 16.7. The van der Waals surface area contributed by atoms with Crippen molar-refractivity contribution in [2.24, 2.45) is 5.10 Å². The largest absolute Gasteiger partial charge is 0.484 e. The average molecular weight is 417 g/mol. The van der Waals surface area contributed by atoms with Crippen molar-refractivity contribution in [3.05, 3.63) is 59.1 Å². The molecule has 0 aliphatic carbocycles. The van der Waals surface area contributed by atoms with Crippen molar-refractivity contribution in [3.63, 3.8) is 0 Å². The molecule has 0 spiro atoms. The standard InChI is InChI=1S/C20H21ClN4O4/c1-13(2)23-19(27)20(28)25-22-11-14-5-3-8-17(9-14)29-12-18(26)24-16-7-4-6-15(21)10-16/h3-11,13H,12H2,1-2H3,(H,23,27)(H,24,26)(H,25,28)/b22-11-. The van der Waals surface area contributed by atoms with Crippen LogP contribution in [0.3, 0.4) is 0 Å². The number of anilines is 1. The van der Waals surface area contributed by atoms with Gasteiger partial charge in [-0.2, -0.15) is 5.10 Å². The molecule has 0 saturated carbocycles. The highest BCUT2D eigenvalue weighted by Crippen LogP contribution is 2.15. The van der Waals surface area contributed by atoms with Crippen LogP contribution in [0.25, 0.3) is 0 Å². The second-order valence-electron chi connectivity index (χ2n) is 6.25. The third-order valence-electron chi connectivity index (χ3n) is 3.34. The molecule has 152 valence electrons. The highest BCUT2D eigenvalue weighted by molar-refractivity contribution is 6.35. The lowest BCUT2D eigenvalue weighted by Crippen LogP contribution is -2.41. The first-order valence-corrected chi connectivity index (χ1v) is 9.13. The Kier molecular flexibility index (Phi) is 8.17. The predicted octanol–water partition coefficient (Wildman–Crippen LogP) is 2.33. The molecule has 8 nitrogen and oxygen atoms in total. The number of nitrogens with one attached hydrogen (secondary N) is 3. The average Bonchev–Trinajstić information content (AvgIpc) is 2.66. The molecule has 0 unspecified atom stereocenters. The Bertz CT molecular complexity index is 915. The monoisotopic (exact) mass is 416 g/mol. The topological polar surface area (TPSA) is 109 Å². The van der Waals surface area contributed by atoms with E-state index in [1.54, 1.807) is 62.4 Å². The Hall–Kier alpha value is -3.39. The number of halogens is 1. The molecular weight excluding hydrogens is 396 g/mol. The van der Waals surface area contributed by atoms with E-state index in [-0.39, 0.29) is 18.6 Å². The maximum absolute atomic E-state index is 12.0. The Labute approximate surface area is 173 Å². The van der Waals surface area contributed by atoms with E-state index < -0.39 is 11.8 Å². The Morgan fingerprint density at radius 3 is 2.59 bits per heavy atom. The maximum Gasteiger partial charge on any atom is 0.329 e. The van der Waals surface area contributed by atoms with Crippen LogP contribution in [0.5, 0.6) is 5.75 Å². The van der Waals surface area contributed by atoms with Crippen molar-refractivity contribution in [3.8, 4) is 5.75 Å². The van der Waals surface area contributed by atoms with Crippen LogP contribution in [0.2, 0.25) is 5.02 Å². The summed E-state index contributed by atoms with van der Waals surface area (Å²) in [6.07, 6.45) is 1.36. The normalized spacial score (nSPS) is 10.6. The molecule has 0 heterocycles. The zero-order valence-electron chi connectivity index (χ0n) is 15.9. The first-order valence-electron chi connectivity index (χ1n) is 8.75. The third-order valence-corrected chi connectivity index (χ3v) is 3.58. The highest BCUT2D eigenvalue weighted by Gasteiger charge is 2.12. The molecule has 2 aromatic rings. The molecule has 0 saturated heterocycles. The van der Waals surface area contributed by atoms with Gasteiger partial charge in [-0.15, -0.1) is 0 Å². The smallest absolute Gasteiger partial charge is 0.329 e. The predicted molar refractivity (Wildman–Crippen MR) is 111 cm³/mol. The number of hydrogen-bond donors (Lipinski definition) is 3. The van der Waals surface area contributed by atoms with Gasteiger partial charge in [-0.05, 0) is 49.7 Å². The molecule has 0 aliphatic heterocycles. The van der Waals surface area contributed by atoms with E-state index in [2.05, 4.69) is 21.2 Å². The quantitative estimate of drug-likeness (QED) is 0.365.